The van der Waals surface area contributed by atoms with Crippen LogP contribution < -0.4 is 16.4 Å². The van der Waals surface area contributed by atoms with Gasteiger partial charge in [-0.15, -0.1) is 0 Å². The highest BCUT2D eigenvalue weighted by Gasteiger charge is 2.24. The van der Waals surface area contributed by atoms with Crippen LogP contribution in [0.4, 0.5) is 16.2 Å². The molecule has 2 amide bonds. The summed E-state index contributed by atoms with van der Waals surface area (Å²) in [6.45, 7) is 4.19. The van der Waals surface area contributed by atoms with Crippen LogP contribution in [0.25, 0.3) is 0 Å². The summed E-state index contributed by atoms with van der Waals surface area (Å²) < 4.78 is 5.72. The number of amides is 2. The van der Waals surface area contributed by atoms with Gasteiger partial charge in [0, 0.05) is 17.4 Å². The Morgan fingerprint density at radius 1 is 1.26 bits per heavy atom. The number of primary amides is 1. The highest BCUT2D eigenvalue weighted by molar-refractivity contribution is 5.88. The molecule has 1 aliphatic heterocycles. The van der Waals surface area contributed by atoms with E-state index in [0.717, 1.165) is 18.5 Å². The van der Waals surface area contributed by atoms with E-state index in [9.17, 15) is 4.79 Å². The van der Waals surface area contributed by atoms with Crippen LogP contribution in [0.1, 0.15) is 26.7 Å². The van der Waals surface area contributed by atoms with E-state index in [1.807, 2.05) is 24.3 Å². The molecule has 0 spiro atoms. The lowest BCUT2D eigenvalue weighted by atomic mass is 9.99. The molecule has 1 aromatic rings. The fourth-order valence-electron chi connectivity index (χ4n) is 2.59. The molecule has 2 atom stereocenters. The summed E-state index contributed by atoms with van der Waals surface area (Å²) in [7, 11) is 0. The van der Waals surface area contributed by atoms with Crippen LogP contribution >= 0.6 is 0 Å². The molecule has 5 heteroatoms. The highest BCUT2D eigenvalue weighted by atomic mass is 16.5. The zero-order valence-corrected chi connectivity index (χ0v) is 11.3. The van der Waals surface area contributed by atoms with Crippen molar-refractivity contribution in [1.29, 1.82) is 0 Å². The first-order chi connectivity index (χ1) is 9.02. The molecule has 2 unspecified atom stereocenters. The molecular weight excluding hydrogens is 242 g/mol. The number of rotatable bonds is 3. The summed E-state index contributed by atoms with van der Waals surface area (Å²) in [5.74, 6) is 0. The maximum absolute atomic E-state index is 10.8. The van der Waals surface area contributed by atoms with Gasteiger partial charge in [0.25, 0.3) is 0 Å². The van der Waals surface area contributed by atoms with Crippen LogP contribution in [0.15, 0.2) is 24.3 Å². The van der Waals surface area contributed by atoms with E-state index >= 15 is 0 Å². The second-order valence-corrected chi connectivity index (χ2v) is 5.14. The number of nitrogens with one attached hydrogen (secondary N) is 2. The molecule has 0 radical (unpaired) electrons. The third-order valence-electron chi connectivity index (χ3n) is 3.20. The quantitative estimate of drug-likeness (QED) is 0.784. The first-order valence-electron chi connectivity index (χ1n) is 6.61. The molecular formula is C14H21N3O2. The van der Waals surface area contributed by atoms with Gasteiger partial charge >= 0.3 is 6.03 Å². The third-order valence-corrected chi connectivity index (χ3v) is 3.20. The zero-order valence-electron chi connectivity index (χ0n) is 11.3. The monoisotopic (exact) mass is 263 g/mol. The van der Waals surface area contributed by atoms with E-state index in [-0.39, 0.29) is 12.2 Å². The average Bonchev–Trinajstić information content (AvgIpc) is 2.26. The Morgan fingerprint density at radius 3 is 2.53 bits per heavy atom. The van der Waals surface area contributed by atoms with Gasteiger partial charge in [0.2, 0.25) is 0 Å². The lowest BCUT2D eigenvalue weighted by molar-refractivity contribution is -0.0337. The van der Waals surface area contributed by atoms with E-state index in [2.05, 4.69) is 24.5 Å². The van der Waals surface area contributed by atoms with Crippen LogP contribution in [-0.2, 0) is 4.74 Å². The summed E-state index contributed by atoms with van der Waals surface area (Å²) in [4.78, 5) is 10.8. The Labute approximate surface area is 113 Å². The number of anilines is 2. The maximum atomic E-state index is 10.8. The molecule has 19 heavy (non-hydrogen) atoms. The van der Waals surface area contributed by atoms with Crippen molar-refractivity contribution in [3.05, 3.63) is 24.3 Å². The fraction of sp³-hybridized carbons (Fsp3) is 0.500. The number of hydrogen-bond donors (Lipinski definition) is 3. The van der Waals surface area contributed by atoms with Crippen molar-refractivity contribution in [2.75, 3.05) is 10.6 Å². The van der Waals surface area contributed by atoms with Crippen molar-refractivity contribution in [1.82, 2.24) is 0 Å². The van der Waals surface area contributed by atoms with Crippen LogP contribution in [0, 0.1) is 0 Å². The zero-order chi connectivity index (χ0) is 13.8. The Morgan fingerprint density at radius 2 is 1.89 bits per heavy atom. The molecule has 1 heterocycles. The summed E-state index contributed by atoms with van der Waals surface area (Å²) in [5, 5.41) is 6.06. The first kappa shape index (κ1) is 13.7. The maximum Gasteiger partial charge on any atom is 0.316 e. The number of urea groups is 1. The van der Waals surface area contributed by atoms with Crippen molar-refractivity contribution in [3.8, 4) is 0 Å². The Bertz CT molecular complexity index is 440. The predicted octanol–water partition coefficient (Wildman–Crippen LogP) is 2.55. The van der Waals surface area contributed by atoms with E-state index < -0.39 is 6.03 Å². The van der Waals surface area contributed by atoms with E-state index in [4.69, 9.17) is 10.5 Å². The average molecular weight is 263 g/mol. The van der Waals surface area contributed by atoms with Crippen LogP contribution in [0.3, 0.4) is 0 Å². The minimum absolute atomic E-state index is 0.271. The van der Waals surface area contributed by atoms with Gasteiger partial charge in [0.1, 0.15) is 0 Å². The lowest BCUT2D eigenvalue weighted by Gasteiger charge is -2.33. The van der Waals surface area contributed by atoms with Gasteiger partial charge in [-0.3, -0.25) is 0 Å². The molecule has 0 aromatic heterocycles. The van der Waals surface area contributed by atoms with E-state index in [0.29, 0.717) is 11.7 Å². The second kappa shape index (κ2) is 5.93. The molecule has 1 aliphatic rings. The number of ether oxygens (including phenoxy) is 1. The summed E-state index contributed by atoms with van der Waals surface area (Å²) in [6, 6.07) is 7.41. The van der Waals surface area contributed by atoms with Gasteiger partial charge in [0.05, 0.1) is 12.2 Å². The van der Waals surface area contributed by atoms with Gasteiger partial charge in [-0.2, -0.15) is 0 Å². The molecule has 2 rings (SSSR count). The molecule has 0 bridgehead atoms. The Kier molecular flexibility index (Phi) is 4.27. The number of hydrogen-bond acceptors (Lipinski definition) is 3. The van der Waals surface area contributed by atoms with Gasteiger partial charge in [-0.05, 0) is 44.9 Å². The van der Waals surface area contributed by atoms with Crippen molar-refractivity contribution in [2.45, 2.75) is 44.9 Å². The molecule has 1 fully saturated rings. The highest BCUT2D eigenvalue weighted by Crippen LogP contribution is 2.23. The second-order valence-electron chi connectivity index (χ2n) is 5.14. The lowest BCUT2D eigenvalue weighted by Crippen LogP contribution is -2.36. The van der Waals surface area contributed by atoms with Gasteiger partial charge in [0.15, 0.2) is 0 Å². The standard InChI is InChI=1S/C14H21N3O2/c1-9-6-13(7-10(2)19-9)16-11-4-3-5-12(8-11)17-14(15)18/h3-5,8-10,13,16H,6-7H2,1-2H3,(H3,15,17,18). The predicted molar refractivity (Wildman–Crippen MR) is 76.3 cm³/mol. The third kappa shape index (κ3) is 4.13. The van der Waals surface area contributed by atoms with Gasteiger partial charge in [-0.25, -0.2) is 4.79 Å². The van der Waals surface area contributed by atoms with Crippen molar-refractivity contribution in [3.63, 3.8) is 0 Å². The summed E-state index contributed by atoms with van der Waals surface area (Å²) >= 11 is 0. The topological polar surface area (TPSA) is 76.4 Å². The number of benzene rings is 1. The normalized spacial score (nSPS) is 26.7. The molecule has 1 saturated heterocycles. The number of carbonyl (C=O) groups excluding carboxylic acids is 1. The molecule has 4 N–H and O–H groups in total. The Hall–Kier alpha value is -1.75. The minimum atomic E-state index is -0.550. The van der Waals surface area contributed by atoms with E-state index in [1.165, 1.54) is 0 Å². The molecule has 0 aliphatic carbocycles. The smallest absolute Gasteiger partial charge is 0.316 e. The van der Waals surface area contributed by atoms with Crippen LogP contribution in [0.5, 0.6) is 0 Å². The first-order valence-corrected chi connectivity index (χ1v) is 6.61. The summed E-state index contributed by atoms with van der Waals surface area (Å²) in [5.41, 5.74) is 6.79. The van der Waals surface area contributed by atoms with Crippen molar-refractivity contribution < 1.29 is 9.53 Å². The molecule has 104 valence electrons. The SMILES string of the molecule is CC1CC(Nc2cccc(NC(N)=O)c2)CC(C)O1. The molecule has 0 saturated carbocycles. The van der Waals surface area contributed by atoms with Crippen LogP contribution in [-0.4, -0.2) is 24.3 Å². The van der Waals surface area contributed by atoms with Crippen LogP contribution in [0.2, 0.25) is 0 Å². The van der Waals surface area contributed by atoms with Crippen molar-refractivity contribution >= 4 is 17.4 Å². The fourth-order valence-corrected chi connectivity index (χ4v) is 2.59. The van der Waals surface area contributed by atoms with Gasteiger partial charge < -0.3 is 21.1 Å². The minimum Gasteiger partial charge on any atom is -0.382 e. The summed E-state index contributed by atoms with van der Waals surface area (Å²) in [6.07, 6.45) is 2.51. The van der Waals surface area contributed by atoms with Crippen molar-refractivity contribution in [2.24, 2.45) is 5.73 Å². The number of carbonyl (C=O) groups is 1. The molecule has 5 nitrogen and oxygen atoms in total. The Balaban J connectivity index is 2.00. The van der Waals surface area contributed by atoms with Gasteiger partial charge in [-0.1, -0.05) is 6.07 Å². The van der Waals surface area contributed by atoms with E-state index in [1.54, 1.807) is 0 Å². The largest absolute Gasteiger partial charge is 0.382 e. The number of nitrogens with two attached hydrogens (primary N) is 1. The molecule has 1 aromatic carbocycles.